The highest BCUT2D eigenvalue weighted by Crippen LogP contribution is 2.33. The fraction of sp³-hybridized carbons (Fsp3) is 0.500. The van der Waals surface area contributed by atoms with Gasteiger partial charge in [0, 0.05) is 37.3 Å². The minimum Gasteiger partial charge on any atom is -0.350 e. The van der Waals surface area contributed by atoms with Gasteiger partial charge in [-0.05, 0) is 49.9 Å². The number of terminal acetylenes is 1. The van der Waals surface area contributed by atoms with Crippen LogP contribution in [0.5, 0.6) is 0 Å². The minimum absolute atomic E-state index is 0.00215. The van der Waals surface area contributed by atoms with E-state index in [0.29, 0.717) is 19.4 Å². The third-order valence-electron chi connectivity index (χ3n) is 5.77. The monoisotopic (exact) mass is 411 g/mol. The zero-order valence-corrected chi connectivity index (χ0v) is 17.1. The first kappa shape index (κ1) is 19.8. The molecular weight excluding hydrogens is 386 g/mol. The Labute approximate surface area is 175 Å². The van der Waals surface area contributed by atoms with Crippen LogP contribution in [0.15, 0.2) is 24.3 Å². The Morgan fingerprint density at radius 1 is 1.07 bits per heavy atom. The minimum atomic E-state index is -0.191. The van der Waals surface area contributed by atoms with Gasteiger partial charge in [-0.1, -0.05) is 5.92 Å². The van der Waals surface area contributed by atoms with Gasteiger partial charge in [0.1, 0.15) is 0 Å². The second kappa shape index (κ2) is 8.50. The van der Waals surface area contributed by atoms with Crippen LogP contribution < -0.4 is 15.1 Å². The number of piperidine rings is 1. The Hall–Kier alpha value is -2.46. The lowest BCUT2D eigenvalue weighted by molar-refractivity contribution is -0.121. The number of benzene rings is 1. The lowest BCUT2D eigenvalue weighted by atomic mass is 10.1. The molecule has 3 aliphatic rings. The Kier molecular flexibility index (Phi) is 5.81. The van der Waals surface area contributed by atoms with E-state index in [-0.39, 0.29) is 34.3 Å². The fourth-order valence-electron chi connectivity index (χ4n) is 4.19. The molecule has 0 saturated carbocycles. The predicted octanol–water partition coefficient (Wildman–Crippen LogP) is 2.32. The van der Waals surface area contributed by atoms with Gasteiger partial charge in [0.15, 0.2) is 0 Å². The van der Waals surface area contributed by atoms with E-state index in [2.05, 4.69) is 11.2 Å². The van der Waals surface area contributed by atoms with Crippen LogP contribution in [-0.4, -0.2) is 47.4 Å². The summed E-state index contributed by atoms with van der Waals surface area (Å²) in [5, 5.41) is 3.01. The fourth-order valence-corrected chi connectivity index (χ4v) is 5.40. The van der Waals surface area contributed by atoms with Gasteiger partial charge in [0.05, 0.1) is 16.5 Å². The summed E-state index contributed by atoms with van der Waals surface area (Å²) in [5.74, 6) is 2.83. The van der Waals surface area contributed by atoms with Crippen LogP contribution in [0, 0.1) is 12.3 Å². The predicted molar refractivity (Wildman–Crippen MR) is 115 cm³/mol. The molecule has 1 aromatic rings. The van der Waals surface area contributed by atoms with Crippen LogP contribution in [0.3, 0.4) is 0 Å². The van der Waals surface area contributed by atoms with Gasteiger partial charge >= 0.3 is 0 Å². The highest BCUT2D eigenvalue weighted by atomic mass is 32.2. The Morgan fingerprint density at radius 2 is 1.79 bits per heavy atom. The number of nitrogens with one attached hydrogen (secondary N) is 1. The largest absolute Gasteiger partial charge is 0.350 e. The molecule has 29 heavy (non-hydrogen) atoms. The maximum Gasteiger partial charge on any atom is 0.233 e. The molecule has 3 saturated heterocycles. The van der Waals surface area contributed by atoms with Gasteiger partial charge < -0.3 is 15.1 Å². The lowest BCUT2D eigenvalue weighted by Crippen LogP contribution is -2.41. The van der Waals surface area contributed by atoms with Crippen molar-refractivity contribution >= 4 is 40.9 Å². The van der Waals surface area contributed by atoms with Crippen LogP contribution in [-0.2, 0) is 14.4 Å². The van der Waals surface area contributed by atoms with E-state index < -0.39 is 0 Å². The van der Waals surface area contributed by atoms with Crippen LogP contribution in [0.4, 0.5) is 11.4 Å². The molecule has 1 N–H and O–H groups in total. The molecule has 0 bridgehead atoms. The first-order valence-corrected chi connectivity index (χ1v) is 11.1. The molecule has 3 fully saturated rings. The summed E-state index contributed by atoms with van der Waals surface area (Å²) >= 11 is 1.54. The molecule has 0 radical (unpaired) electrons. The van der Waals surface area contributed by atoms with Crippen molar-refractivity contribution < 1.29 is 14.4 Å². The van der Waals surface area contributed by atoms with Crippen LogP contribution in [0.2, 0.25) is 0 Å². The van der Waals surface area contributed by atoms with E-state index in [1.807, 2.05) is 29.2 Å². The SMILES string of the molecule is C#CC1CCC(C(=O)N[C@@H]2CC(=O)N(c3ccc(N4CCCCC4=O)cc3)C2)S1. The van der Waals surface area contributed by atoms with Crippen LogP contribution in [0.1, 0.15) is 38.5 Å². The van der Waals surface area contributed by atoms with Crippen LogP contribution >= 0.6 is 11.8 Å². The van der Waals surface area contributed by atoms with Crippen molar-refractivity contribution in [3.63, 3.8) is 0 Å². The van der Waals surface area contributed by atoms with Gasteiger partial charge in [-0.3, -0.25) is 14.4 Å². The third kappa shape index (κ3) is 4.27. The van der Waals surface area contributed by atoms with Crippen molar-refractivity contribution in [3.05, 3.63) is 24.3 Å². The maximum atomic E-state index is 12.5. The quantitative estimate of drug-likeness (QED) is 0.772. The Bertz CT molecular complexity index is 848. The number of rotatable bonds is 4. The topological polar surface area (TPSA) is 69.7 Å². The summed E-state index contributed by atoms with van der Waals surface area (Å²) in [4.78, 5) is 40.6. The Balaban J connectivity index is 1.36. The molecule has 0 aromatic heterocycles. The van der Waals surface area contributed by atoms with Crippen molar-refractivity contribution in [2.45, 2.75) is 55.1 Å². The molecule has 1 aromatic carbocycles. The lowest BCUT2D eigenvalue weighted by Gasteiger charge is -2.27. The summed E-state index contributed by atoms with van der Waals surface area (Å²) in [7, 11) is 0. The highest BCUT2D eigenvalue weighted by Gasteiger charge is 2.35. The molecule has 0 aliphatic carbocycles. The number of nitrogens with zero attached hydrogens (tertiary/aromatic N) is 2. The van der Waals surface area contributed by atoms with E-state index in [1.54, 1.807) is 4.90 Å². The first-order chi connectivity index (χ1) is 14.0. The highest BCUT2D eigenvalue weighted by molar-refractivity contribution is 8.01. The summed E-state index contributed by atoms with van der Waals surface area (Å²) in [6.45, 7) is 1.21. The molecule has 6 nitrogen and oxygen atoms in total. The summed E-state index contributed by atoms with van der Waals surface area (Å²) < 4.78 is 0. The number of amides is 3. The molecule has 152 valence electrons. The Morgan fingerprint density at radius 3 is 2.45 bits per heavy atom. The van der Waals surface area contributed by atoms with E-state index in [4.69, 9.17) is 6.42 Å². The first-order valence-electron chi connectivity index (χ1n) is 10.2. The third-order valence-corrected chi connectivity index (χ3v) is 7.24. The summed E-state index contributed by atoms with van der Waals surface area (Å²) in [6.07, 6.45) is 9.95. The van der Waals surface area contributed by atoms with Crippen molar-refractivity contribution in [2.75, 3.05) is 22.9 Å². The zero-order chi connectivity index (χ0) is 20.4. The standard InChI is InChI=1S/C22H25N3O3S/c1-2-18-10-11-19(29-18)22(28)23-15-13-21(27)25(14-15)17-8-6-16(7-9-17)24-12-4-3-5-20(24)26/h1,6-9,15,18-19H,3-5,10-14H2,(H,23,28)/t15-,18?,19?/m1/s1. The number of thioether (sulfide) groups is 1. The zero-order valence-electron chi connectivity index (χ0n) is 16.3. The molecule has 7 heteroatoms. The number of hydrogen-bond donors (Lipinski definition) is 1. The number of carbonyl (C=O) groups is 3. The van der Waals surface area contributed by atoms with Crippen molar-refractivity contribution in [2.24, 2.45) is 0 Å². The average molecular weight is 412 g/mol. The molecule has 2 unspecified atom stereocenters. The van der Waals surface area contributed by atoms with Gasteiger partial charge in [-0.25, -0.2) is 0 Å². The molecule has 4 rings (SSSR count). The van der Waals surface area contributed by atoms with E-state index >= 15 is 0 Å². The maximum absolute atomic E-state index is 12.5. The molecule has 3 amide bonds. The van der Waals surface area contributed by atoms with E-state index in [0.717, 1.165) is 43.6 Å². The van der Waals surface area contributed by atoms with Gasteiger partial charge in [0.25, 0.3) is 0 Å². The molecular formula is C22H25N3O3S. The molecule has 3 heterocycles. The van der Waals surface area contributed by atoms with Gasteiger partial charge in [-0.2, -0.15) is 0 Å². The normalized spacial score (nSPS) is 27.2. The molecule has 0 spiro atoms. The van der Waals surface area contributed by atoms with Crippen molar-refractivity contribution in [3.8, 4) is 12.3 Å². The van der Waals surface area contributed by atoms with E-state index in [1.165, 1.54) is 11.8 Å². The second-order valence-electron chi connectivity index (χ2n) is 7.79. The number of carbonyl (C=O) groups excluding carboxylic acids is 3. The smallest absolute Gasteiger partial charge is 0.233 e. The second-order valence-corrected chi connectivity index (χ2v) is 9.20. The number of hydrogen-bond acceptors (Lipinski definition) is 4. The number of anilines is 2. The summed E-state index contributed by atoms with van der Waals surface area (Å²) in [5.41, 5.74) is 1.67. The summed E-state index contributed by atoms with van der Waals surface area (Å²) in [6, 6.07) is 7.36. The van der Waals surface area contributed by atoms with Crippen molar-refractivity contribution in [1.29, 1.82) is 0 Å². The van der Waals surface area contributed by atoms with Gasteiger partial charge in [-0.15, -0.1) is 18.2 Å². The van der Waals surface area contributed by atoms with Crippen molar-refractivity contribution in [1.82, 2.24) is 5.32 Å². The molecule has 3 atom stereocenters. The van der Waals surface area contributed by atoms with E-state index in [9.17, 15) is 14.4 Å². The van der Waals surface area contributed by atoms with Crippen LogP contribution in [0.25, 0.3) is 0 Å². The average Bonchev–Trinajstić information content (AvgIpc) is 3.35. The van der Waals surface area contributed by atoms with Gasteiger partial charge in [0.2, 0.25) is 17.7 Å². The molecule has 3 aliphatic heterocycles.